The highest BCUT2D eigenvalue weighted by Gasteiger charge is 2.31. The molecule has 6 heteroatoms. The summed E-state index contributed by atoms with van der Waals surface area (Å²) in [6.07, 6.45) is 16.4. The first-order valence-electron chi connectivity index (χ1n) is 12.9. The summed E-state index contributed by atoms with van der Waals surface area (Å²) in [5.41, 5.74) is 1.56. The van der Waals surface area contributed by atoms with Crippen LogP contribution in [0.1, 0.15) is 82.6 Å². The van der Waals surface area contributed by atoms with E-state index in [9.17, 15) is 9.59 Å². The minimum absolute atomic E-state index is 0.184. The van der Waals surface area contributed by atoms with E-state index in [1.165, 1.54) is 71.3 Å². The van der Waals surface area contributed by atoms with Gasteiger partial charge in [-0.05, 0) is 44.1 Å². The van der Waals surface area contributed by atoms with Crippen molar-refractivity contribution in [3.05, 3.63) is 47.5 Å². The second-order valence-corrected chi connectivity index (χ2v) is 9.42. The SMILES string of the molecule is C(=NC1CCCCC1)=NC1CCCCC1.COC(=O)C1CCC=C1C(=O)NCc1ccccc1. The molecule has 0 spiro atoms. The number of hydrogen-bond donors (Lipinski definition) is 1. The van der Waals surface area contributed by atoms with Crippen molar-refractivity contribution in [2.24, 2.45) is 15.9 Å². The fourth-order valence-electron chi connectivity index (χ4n) is 4.84. The second kappa shape index (κ2) is 14.5. The molecule has 1 aromatic rings. The Morgan fingerprint density at radius 2 is 1.50 bits per heavy atom. The Morgan fingerprint density at radius 1 is 0.912 bits per heavy atom. The van der Waals surface area contributed by atoms with Gasteiger partial charge in [0, 0.05) is 12.1 Å². The number of rotatable bonds is 6. The zero-order chi connectivity index (χ0) is 24.0. The molecule has 0 heterocycles. The Morgan fingerprint density at radius 3 is 2.06 bits per heavy atom. The van der Waals surface area contributed by atoms with Gasteiger partial charge >= 0.3 is 5.97 Å². The number of ether oxygens (including phenoxy) is 1. The molecule has 2 saturated carbocycles. The molecule has 0 radical (unpaired) electrons. The Hall–Kier alpha value is -2.72. The topological polar surface area (TPSA) is 80.1 Å². The van der Waals surface area contributed by atoms with Crippen molar-refractivity contribution in [1.82, 2.24) is 5.32 Å². The fraction of sp³-hybridized carbons (Fsp3) is 0.607. The summed E-state index contributed by atoms with van der Waals surface area (Å²) >= 11 is 0. The number of amides is 1. The molecule has 3 aliphatic carbocycles. The molecule has 4 rings (SSSR count). The van der Waals surface area contributed by atoms with Gasteiger partial charge in [0.15, 0.2) is 0 Å². The minimum atomic E-state index is -0.416. The Bertz CT molecular complexity index is 840. The van der Waals surface area contributed by atoms with Gasteiger partial charge in [0.1, 0.15) is 0 Å². The standard InChI is InChI=1S/C15H17NO3.C13H22N2/c1-19-15(18)13-9-5-8-12(13)14(17)16-10-11-6-3-2-4-7-11;1-3-7-12(8-4-1)14-11-15-13-9-5-2-6-10-13/h2-4,6-8,13H,5,9-10H2,1H3,(H,16,17);12-13H,1-10H2. The maximum Gasteiger partial charge on any atom is 0.313 e. The van der Waals surface area contributed by atoms with Crippen molar-refractivity contribution < 1.29 is 14.3 Å². The lowest BCUT2D eigenvalue weighted by atomic mass is 9.96. The number of carbonyl (C=O) groups excluding carboxylic acids is 2. The third kappa shape index (κ3) is 8.57. The molecule has 1 atom stereocenters. The molecule has 2 fully saturated rings. The van der Waals surface area contributed by atoms with Gasteiger partial charge in [-0.1, -0.05) is 74.9 Å². The van der Waals surface area contributed by atoms with Gasteiger partial charge in [-0.3, -0.25) is 9.59 Å². The summed E-state index contributed by atoms with van der Waals surface area (Å²) in [6.45, 7) is 0.463. The van der Waals surface area contributed by atoms with E-state index >= 15 is 0 Å². The summed E-state index contributed by atoms with van der Waals surface area (Å²) in [4.78, 5) is 32.5. The third-order valence-electron chi connectivity index (χ3n) is 6.87. The highest BCUT2D eigenvalue weighted by molar-refractivity contribution is 5.99. The number of benzene rings is 1. The maximum atomic E-state index is 12.1. The van der Waals surface area contributed by atoms with Gasteiger partial charge in [-0.15, -0.1) is 0 Å². The number of carbonyl (C=O) groups is 2. The monoisotopic (exact) mass is 465 g/mol. The van der Waals surface area contributed by atoms with Crippen LogP contribution in [0.5, 0.6) is 0 Å². The molecule has 34 heavy (non-hydrogen) atoms. The second-order valence-electron chi connectivity index (χ2n) is 9.42. The Labute approximate surface area is 204 Å². The van der Waals surface area contributed by atoms with Crippen molar-refractivity contribution in [3.63, 3.8) is 0 Å². The first-order chi connectivity index (χ1) is 16.7. The van der Waals surface area contributed by atoms with E-state index in [-0.39, 0.29) is 11.9 Å². The van der Waals surface area contributed by atoms with Crippen molar-refractivity contribution in [1.29, 1.82) is 0 Å². The molecular formula is C28H39N3O3. The number of aliphatic imine (C=N–C) groups is 2. The normalized spacial score (nSPS) is 20.7. The van der Waals surface area contributed by atoms with Gasteiger partial charge in [0.05, 0.1) is 31.1 Å². The number of hydrogen-bond acceptors (Lipinski definition) is 5. The predicted molar refractivity (Wildman–Crippen MR) is 135 cm³/mol. The van der Waals surface area contributed by atoms with E-state index in [1.807, 2.05) is 36.4 Å². The fourth-order valence-corrected chi connectivity index (χ4v) is 4.84. The molecule has 0 aliphatic heterocycles. The van der Waals surface area contributed by atoms with Crippen LogP contribution in [0.25, 0.3) is 0 Å². The van der Waals surface area contributed by atoms with Gasteiger partial charge in [-0.25, -0.2) is 9.98 Å². The quantitative estimate of drug-likeness (QED) is 0.436. The van der Waals surface area contributed by atoms with E-state index in [1.54, 1.807) is 0 Å². The number of esters is 1. The molecular weight excluding hydrogens is 426 g/mol. The van der Waals surface area contributed by atoms with E-state index in [0.29, 0.717) is 30.6 Å². The van der Waals surface area contributed by atoms with Gasteiger partial charge in [-0.2, -0.15) is 0 Å². The molecule has 0 aromatic heterocycles. The lowest BCUT2D eigenvalue weighted by Crippen LogP contribution is -2.29. The zero-order valence-corrected chi connectivity index (χ0v) is 20.5. The molecule has 1 unspecified atom stereocenters. The largest absolute Gasteiger partial charge is 0.469 e. The summed E-state index contributed by atoms with van der Waals surface area (Å²) < 4.78 is 4.72. The van der Waals surface area contributed by atoms with Crippen molar-refractivity contribution in [2.45, 2.75) is 95.7 Å². The lowest BCUT2D eigenvalue weighted by Gasteiger charge is -2.17. The average molecular weight is 466 g/mol. The van der Waals surface area contributed by atoms with Crippen LogP contribution in [0, 0.1) is 5.92 Å². The number of nitrogens with one attached hydrogen (secondary N) is 1. The zero-order valence-electron chi connectivity index (χ0n) is 20.5. The van der Waals surface area contributed by atoms with E-state index < -0.39 is 5.92 Å². The first kappa shape index (κ1) is 25.9. The molecule has 0 bridgehead atoms. The number of nitrogens with zero attached hydrogens (tertiary/aromatic N) is 2. The van der Waals surface area contributed by atoms with E-state index in [4.69, 9.17) is 4.74 Å². The molecule has 3 aliphatic rings. The van der Waals surface area contributed by atoms with Crippen LogP contribution in [0.15, 0.2) is 52.0 Å². The van der Waals surface area contributed by atoms with Gasteiger partial charge < -0.3 is 10.1 Å². The Balaban J connectivity index is 0.000000196. The highest BCUT2D eigenvalue weighted by atomic mass is 16.5. The maximum absolute atomic E-state index is 12.1. The van der Waals surface area contributed by atoms with Crippen molar-refractivity contribution in [2.75, 3.05) is 7.11 Å². The smallest absolute Gasteiger partial charge is 0.313 e. The van der Waals surface area contributed by atoms with Crippen molar-refractivity contribution in [3.8, 4) is 0 Å². The summed E-state index contributed by atoms with van der Waals surface area (Å²) in [7, 11) is 1.35. The first-order valence-corrected chi connectivity index (χ1v) is 12.9. The number of methoxy groups -OCH3 is 1. The highest BCUT2D eigenvalue weighted by Crippen LogP contribution is 2.27. The summed E-state index contributed by atoms with van der Waals surface area (Å²) in [6, 6.07) is 13.7. The molecule has 1 aromatic carbocycles. The van der Waals surface area contributed by atoms with Crippen LogP contribution >= 0.6 is 0 Å². The van der Waals surface area contributed by atoms with Gasteiger partial charge in [0.25, 0.3) is 0 Å². The lowest BCUT2D eigenvalue weighted by molar-refractivity contribution is -0.144. The average Bonchev–Trinajstić information content (AvgIpc) is 3.39. The Kier molecular flexibility index (Phi) is 11.1. The summed E-state index contributed by atoms with van der Waals surface area (Å²) in [5, 5.41) is 2.83. The van der Waals surface area contributed by atoms with Crippen LogP contribution in [-0.4, -0.2) is 37.1 Å². The van der Waals surface area contributed by atoms with Gasteiger partial charge in [0.2, 0.25) is 5.91 Å². The molecule has 0 saturated heterocycles. The predicted octanol–water partition coefficient (Wildman–Crippen LogP) is 5.64. The summed E-state index contributed by atoms with van der Waals surface area (Å²) in [5.74, 6) is -0.934. The molecule has 1 N–H and O–H groups in total. The molecule has 6 nitrogen and oxygen atoms in total. The van der Waals surface area contributed by atoms with Crippen LogP contribution in [0.3, 0.4) is 0 Å². The number of allylic oxidation sites excluding steroid dienone is 1. The van der Waals surface area contributed by atoms with Crippen LogP contribution in [-0.2, 0) is 20.9 Å². The van der Waals surface area contributed by atoms with Crippen LogP contribution in [0.2, 0.25) is 0 Å². The van der Waals surface area contributed by atoms with E-state index in [0.717, 1.165) is 12.0 Å². The third-order valence-corrected chi connectivity index (χ3v) is 6.87. The van der Waals surface area contributed by atoms with Crippen LogP contribution in [0.4, 0.5) is 0 Å². The molecule has 184 valence electrons. The van der Waals surface area contributed by atoms with E-state index in [2.05, 4.69) is 21.3 Å². The van der Waals surface area contributed by atoms with Crippen molar-refractivity contribution >= 4 is 17.9 Å². The van der Waals surface area contributed by atoms with Crippen LogP contribution < -0.4 is 5.32 Å². The minimum Gasteiger partial charge on any atom is -0.469 e. The molecule has 1 amide bonds.